The Morgan fingerprint density at radius 2 is 2.27 bits per heavy atom. The number of ether oxygens (including phenoxy) is 1. The SMILES string of the molecule is C=C(NC(C)c1ccc(OCC(C)(F)F)cn1)C1CC1CC. The molecule has 1 aromatic rings. The number of alkyl halides is 2. The lowest BCUT2D eigenvalue weighted by Gasteiger charge is -2.17. The quantitative estimate of drug-likeness (QED) is 0.776. The van der Waals surface area contributed by atoms with Crippen LogP contribution in [-0.4, -0.2) is 17.5 Å². The van der Waals surface area contributed by atoms with Crippen molar-refractivity contribution in [2.75, 3.05) is 6.61 Å². The summed E-state index contributed by atoms with van der Waals surface area (Å²) in [7, 11) is 0. The van der Waals surface area contributed by atoms with Gasteiger partial charge in [0.05, 0.1) is 17.9 Å². The molecule has 0 aliphatic heterocycles. The van der Waals surface area contributed by atoms with Crippen LogP contribution in [0.2, 0.25) is 0 Å². The molecule has 3 nitrogen and oxygen atoms in total. The molecule has 1 fully saturated rings. The average molecular weight is 310 g/mol. The van der Waals surface area contributed by atoms with Crippen LogP contribution >= 0.6 is 0 Å². The van der Waals surface area contributed by atoms with E-state index in [0.29, 0.717) is 11.7 Å². The molecule has 0 bridgehead atoms. The Kier molecular flexibility index (Phi) is 5.04. The smallest absolute Gasteiger partial charge is 0.278 e. The molecule has 0 amide bonds. The minimum atomic E-state index is -2.84. The van der Waals surface area contributed by atoms with Crippen molar-refractivity contribution in [3.8, 4) is 5.75 Å². The molecule has 0 saturated heterocycles. The van der Waals surface area contributed by atoms with Gasteiger partial charge in [-0.05, 0) is 31.4 Å². The fraction of sp³-hybridized carbons (Fsp3) is 0.588. The second-order valence-electron chi connectivity index (χ2n) is 6.18. The lowest BCUT2D eigenvalue weighted by atomic mass is 10.1. The van der Waals surface area contributed by atoms with Gasteiger partial charge in [-0.3, -0.25) is 4.98 Å². The summed E-state index contributed by atoms with van der Waals surface area (Å²) in [6.07, 6.45) is 3.88. The number of pyridine rings is 1. The molecule has 1 aliphatic carbocycles. The topological polar surface area (TPSA) is 34.1 Å². The van der Waals surface area contributed by atoms with E-state index in [4.69, 9.17) is 4.74 Å². The van der Waals surface area contributed by atoms with E-state index in [2.05, 4.69) is 23.8 Å². The second kappa shape index (κ2) is 6.63. The summed E-state index contributed by atoms with van der Waals surface area (Å²) < 4.78 is 30.5. The number of rotatable bonds is 8. The number of nitrogens with zero attached hydrogens (tertiary/aromatic N) is 1. The van der Waals surface area contributed by atoms with E-state index in [1.807, 2.05) is 6.92 Å². The molecule has 0 aromatic carbocycles. The third-order valence-electron chi connectivity index (χ3n) is 3.99. The van der Waals surface area contributed by atoms with Crippen LogP contribution in [0.25, 0.3) is 0 Å². The number of aromatic nitrogens is 1. The van der Waals surface area contributed by atoms with Crippen LogP contribution in [0, 0.1) is 11.8 Å². The highest BCUT2D eigenvalue weighted by atomic mass is 19.3. The van der Waals surface area contributed by atoms with Gasteiger partial charge in [0, 0.05) is 18.5 Å². The number of allylic oxidation sites excluding steroid dienone is 1. The van der Waals surface area contributed by atoms with Gasteiger partial charge in [-0.15, -0.1) is 0 Å². The first kappa shape index (κ1) is 16.7. The van der Waals surface area contributed by atoms with Crippen LogP contribution < -0.4 is 10.1 Å². The molecular weight excluding hydrogens is 286 g/mol. The zero-order valence-electron chi connectivity index (χ0n) is 13.4. The summed E-state index contributed by atoms with van der Waals surface area (Å²) in [5.74, 6) is -1.16. The third-order valence-corrected chi connectivity index (χ3v) is 3.99. The summed E-state index contributed by atoms with van der Waals surface area (Å²) in [6.45, 7) is 8.50. The van der Waals surface area contributed by atoms with Gasteiger partial charge in [-0.2, -0.15) is 0 Å². The van der Waals surface area contributed by atoms with Crippen LogP contribution in [0.4, 0.5) is 8.78 Å². The molecule has 122 valence electrons. The summed E-state index contributed by atoms with van der Waals surface area (Å²) in [5, 5.41) is 3.38. The normalized spacial score (nSPS) is 22.0. The van der Waals surface area contributed by atoms with Crippen LogP contribution in [0.1, 0.15) is 45.3 Å². The van der Waals surface area contributed by atoms with Gasteiger partial charge in [0.25, 0.3) is 5.92 Å². The predicted molar refractivity (Wildman–Crippen MR) is 82.9 cm³/mol. The van der Waals surface area contributed by atoms with Crippen molar-refractivity contribution in [2.45, 2.75) is 45.6 Å². The van der Waals surface area contributed by atoms with Gasteiger partial charge < -0.3 is 10.1 Å². The van der Waals surface area contributed by atoms with E-state index >= 15 is 0 Å². The first-order chi connectivity index (χ1) is 10.3. The van der Waals surface area contributed by atoms with Gasteiger partial charge >= 0.3 is 0 Å². The number of nitrogens with one attached hydrogen (secondary N) is 1. The van der Waals surface area contributed by atoms with E-state index in [9.17, 15) is 8.78 Å². The molecule has 1 aromatic heterocycles. The van der Waals surface area contributed by atoms with E-state index in [1.54, 1.807) is 12.1 Å². The number of halogens is 2. The highest BCUT2D eigenvalue weighted by molar-refractivity contribution is 5.22. The zero-order valence-corrected chi connectivity index (χ0v) is 13.4. The lowest BCUT2D eigenvalue weighted by molar-refractivity contribution is -0.0230. The maximum absolute atomic E-state index is 12.7. The molecule has 1 N–H and O–H groups in total. The Hall–Kier alpha value is -1.65. The standard InChI is InChI=1S/C17H24F2N2O/c1-5-13-8-15(13)11(2)21-12(3)16-7-6-14(9-20-16)22-10-17(4,18)19/h6-7,9,12-13,15,21H,2,5,8,10H2,1,3-4H3. The molecule has 1 aliphatic rings. The first-order valence-corrected chi connectivity index (χ1v) is 7.72. The Morgan fingerprint density at radius 3 is 2.77 bits per heavy atom. The molecular formula is C17H24F2N2O. The Balaban J connectivity index is 1.85. The summed E-state index contributed by atoms with van der Waals surface area (Å²) in [4.78, 5) is 4.28. The summed E-state index contributed by atoms with van der Waals surface area (Å²) >= 11 is 0. The summed E-state index contributed by atoms with van der Waals surface area (Å²) in [5.41, 5.74) is 1.90. The van der Waals surface area contributed by atoms with Crippen molar-refractivity contribution in [1.29, 1.82) is 0 Å². The fourth-order valence-corrected chi connectivity index (χ4v) is 2.53. The largest absolute Gasteiger partial charge is 0.486 e. The van der Waals surface area contributed by atoms with Crippen molar-refractivity contribution < 1.29 is 13.5 Å². The van der Waals surface area contributed by atoms with Crippen molar-refractivity contribution >= 4 is 0 Å². The van der Waals surface area contributed by atoms with Crippen molar-refractivity contribution in [3.63, 3.8) is 0 Å². The van der Waals surface area contributed by atoms with Gasteiger partial charge in [0.2, 0.25) is 0 Å². The van der Waals surface area contributed by atoms with E-state index < -0.39 is 12.5 Å². The predicted octanol–water partition coefficient (Wildman–Crippen LogP) is 4.33. The number of hydrogen-bond acceptors (Lipinski definition) is 3. The number of hydrogen-bond donors (Lipinski definition) is 1. The van der Waals surface area contributed by atoms with Crippen LogP contribution in [0.3, 0.4) is 0 Å². The molecule has 22 heavy (non-hydrogen) atoms. The van der Waals surface area contributed by atoms with Crippen molar-refractivity contribution in [3.05, 3.63) is 36.3 Å². The Bertz CT molecular complexity index is 510. The molecule has 3 unspecified atom stereocenters. The molecule has 1 heterocycles. The Labute approximate surface area is 130 Å². The summed E-state index contributed by atoms with van der Waals surface area (Å²) in [6, 6.07) is 3.49. The van der Waals surface area contributed by atoms with Crippen LogP contribution in [-0.2, 0) is 0 Å². The van der Waals surface area contributed by atoms with E-state index in [-0.39, 0.29) is 6.04 Å². The molecule has 1 saturated carbocycles. The van der Waals surface area contributed by atoms with Gasteiger partial charge in [0.15, 0.2) is 6.61 Å². The molecule has 0 radical (unpaired) electrons. The van der Waals surface area contributed by atoms with Gasteiger partial charge in [-0.1, -0.05) is 19.9 Å². The zero-order chi connectivity index (χ0) is 16.3. The average Bonchev–Trinajstić information content (AvgIpc) is 3.24. The van der Waals surface area contributed by atoms with Gasteiger partial charge in [0.1, 0.15) is 5.75 Å². The second-order valence-corrected chi connectivity index (χ2v) is 6.18. The monoisotopic (exact) mass is 310 g/mol. The third kappa shape index (κ3) is 4.68. The molecule has 0 spiro atoms. The fourth-order valence-electron chi connectivity index (χ4n) is 2.53. The maximum atomic E-state index is 12.7. The molecule has 3 atom stereocenters. The highest BCUT2D eigenvalue weighted by Gasteiger charge is 2.37. The molecule has 2 rings (SSSR count). The van der Waals surface area contributed by atoms with Crippen LogP contribution in [0.15, 0.2) is 30.6 Å². The first-order valence-electron chi connectivity index (χ1n) is 7.72. The minimum absolute atomic E-state index is 0.0345. The minimum Gasteiger partial charge on any atom is -0.486 e. The Morgan fingerprint density at radius 1 is 1.55 bits per heavy atom. The van der Waals surface area contributed by atoms with Crippen molar-refractivity contribution in [1.82, 2.24) is 10.3 Å². The lowest BCUT2D eigenvalue weighted by Crippen LogP contribution is -2.21. The van der Waals surface area contributed by atoms with Crippen molar-refractivity contribution in [2.24, 2.45) is 11.8 Å². The van der Waals surface area contributed by atoms with E-state index in [1.165, 1.54) is 19.0 Å². The maximum Gasteiger partial charge on any atom is 0.278 e. The van der Waals surface area contributed by atoms with E-state index in [0.717, 1.165) is 24.2 Å². The molecule has 5 heteroatoms. The van der Waals surface area contributed by atoms with Crippen LogP contribution in [0.5, 0.6) is 5.75 Å². The van der Waals surface area contributed by atoms with Gasteiger partial charge in [-0.25, -0.2) is 8.78 Å². The highest BCUT2D eigenvalue weighted by Crippen LogP contribution is 2.45.